The molecule has 0 aromatic heterocycles. The standard InChI is InChI=1S/C18H20Cl2N2O4S/c1-2-26-10-4-9-21-18(23)13-5-3-6-15(11-13)22-27(24,25)17-12-14(19)7-8-16(17)20/h3,5-8,11-12,22H,2,4,9-10H2,1H3,(H,21,23). The van der Waals surface area contributed by atoms with Crippen molar-refractivity contribution < 1.29 is 17.9 Å². The van der Waals surface area contributed by atoms with Crippen LogP contribution in [0.15, 0.2) is 47.4 Å². The monoisotopic (exact) mass is 430 g/mol. The molecule has 6 nitrogen and oxygen atoms in total. The van der Waals surface area contributed by atoms with Crippen molar-refractivity contribution in [3.05, 3.63) is 58.1 Å². The molecule has 0 aliphatic carbocycles. The second-order valence-corrected chi connectivity index (χ2v) is 8.06. The smallest absolute Gasteiger partial charge is 0.263 e. The molecule has 0 unspecified atom stereocenters. The third-order valence-corrected chi connectivity index (χ3v) is 5.61. The Labute approximate surface area is 168 Å². The third-order valence-electron chi connectivity index (χ3n) is 3.51. The zero-order chi connectivity index (χ0) is 19.9. The van der Waals surface area contributed by atoms with Crippen molar-refractivity contribution in [2.75, 3.05) is 24.5 Å². The summed E-state index contributed by atoms with van der Waals surface area (Å²) in [7, 11) is -3.95. The summed E-state index contributed by atoms with van der Waals surface area (Å²) in [5.41, 5.74) is 0.580. The number of ether oxygens (including phenoxy) is 1. The molecule has 0 bridgehead atoms. The molecule has 27 heavy (non-hydrogen) atoms. The summed E-state index contributed by atoms with van der Waals surface area (Å²) < 4.78 is 32.7. The number of nitrogens with one attached hydrogen (secondary N) is 2. The Bertz CT molecular complexity index is 904. The van der Waals surface area contributed by atoms with E-state index in [0.29, 0.717) is 31.7 Å². The fourth-order valence-corrected chi connectivity index (χ4v) is 4.05. The maximum absolute atomic E-state index is 12.6. The lowest BCUT2D eigenvalue weighted by molar-refractivity contribution is 0.0944. The molecule has 9 heteroatoms. The molecule has 0 fully saturated rings. The molecular weight excluding hydrogens is 411 g/mol. The average Bonchev–Trinajstić information content (AvgIpc) is 2.63. The van der Waals surface area contributed by atoms with Crippen LogP contribution in [-0.2, 0) is 14.8 Å². The van der Waals surface area contributed by atoms with Crippen molar-refractivity contribution in [3.8, 4) is 0 Å². The van der Waals surface area contributed by atoms with Crippen LogP contribution in [-0.4, -0.2) is 34.1 Å². The molecule has 0 radical (unpaired) electrons. The van der Waals surface area contributed by atoms with Gasteiger partial charge in [0.2, 0.25) is 0 Å². The number of sulfonamides is 1. The molecule has 1 amide bonds. The maximum atomic E-state index is 12.6. The Morgan fingerprint density at radius 1 is 1.15 bits per heavy atom. The second-order valence-electron chi connectivity index (χ2n) is 5.57. The average molecular weight is 431 g/mol. The third kappa shape index (κ3) is 6.39. The molecule has 0 aliphatic heterocycles. The maximum Gasteiger partial charge on any atom is 0.263 e. The van der Waals surface area contributed by atoms with Crippen LogP contribution in [0.2, 0.25) is 10.0 Å². The Balaban J connectivity index is 2.08. The van der Waals surface area contributed by atoms with Crippen LogP contribution in [0.25, 0.3) is 0 Å². The molecular formula is C18H20Cl2N2O4S. The van der Waals surface area contributed by atoms with Gasteiger partial charge in [0.1, 0.15) is 4.90 Å². The van der Waals surface area contributed by atoms with E-state index in [1.165, 1.54) is 24.3 Å². The summed E-state index contributed by atoms with van der Waals surface area (Å²) >= 11 is 11.8. The van der Waals surface area contributed by atoms with Crippen molar-refractivity contribution in [1.82, 2.24) is 5.32 Å². The molecule has 2 aromatic rings. The van der Waals surface area contributed by atoms with E-state index in [2.05, 4.69) is 10.0 Å². The largest absolute Gasteiger partial charge is 0.382 e. The highest BCUT2D eigenvalue weighted by atomic mass is 35.5. The van der Waals surface area contributed by atoms with Crippen LogP contribution in [0, 0.1) is 0 Å². The number of carbonyl (C=O) groups is 1. The fraction of sp³-hybridized carbons (Fsp3) is 0.278. The van der Waals surface area contributed by atoms with Gasteiger partial charge in [-0.15, -0.1) is 0 Å². The lowest BCUT2D eigenvalue weighted by atomic mass is 10.2. The number of hydrogen-bond donors (Lipinski definition) is 2. The molecule has 146 valence electrons. The first kappa shape index (κ1) is 21.5. The van der Waals surface area contributed by atoms with Crippen LogP contribution < -0.4 is 10.0 Å². The van der Waals surface area contributed by atoms with Gasteiger partial charge in [-0.2, -0.15) is 0 Å². The lowest BCUT2D eigenvalue weighted by Crippen LogP contribution is -2.25. The quantitative estimate of drug-likeness (QED) is 0.589. The minimum absolute atomic E-state index is 0.0510. The molecule has 0 atom stereocenters. The van der Waals surface area contributed by atoms with Gasteiger partial charge in [0.15, 0.2) is 0 Å². The van der Waals surface area contributed by atoms with E-state index in [1.807, 2.05) is 6.92 Å². The number of carbonyl (C=O) groups excluding carboxylic acids is 1. The lowest BCUT2D eigenvalue weighted by Gasteiger charge is -2.11. The van der Waals surface area contributed by atoms with E-state index in [0.717, 1.165) is 0 Å². The van der Waals surface area contributed by atoms with Crippen molar-refractivity contribution >= 4 is 44.8 Å². The summed E-state index contributed by atoms with van der Waals surface area (Å²) in [6.45, 7) is 3.57. The van der Waals surface area contributed by atoms with Gasteiger partial charge in [-0.05, 0) is 49.7 Å². The SMILES string of the molecule is CCOCCCNC(=O)c1cccc(NS(=O)(=O)c2cc(Cl)ccc2Cl)c1. The van der Waals surface area contributed by atoms with Gasteiger partial charge in [-0.1, -0.05) is 29.3 Å². The van der Waals surface area contributed by atoms with Crippen LogP contribution >= 0.6 is 23.2 Å². The molecule has 0 heterocycles. The molecule has 0 spiro atoms. The number of hydrogen-bond acceptors (Lipinski definition) is 4. The van der Waals surface area contributed by atoms with E-state index in [-0.39, 0.29) is 26.5 Å². The Morgan fingerprint density at radius 3 is 2.67 bits per heavy atom. The van der Waals surface area contributed by atoms with E-state index in [4.69, 9.17) is 27.9 Å². The molecule has 2 N–H and O–H groups in total. The molecule has 2 rings (SSSR count). The number of halogens is 2. The molecule has 0 saturated heterocycles. The summed E-state index contributed by atoms with van der Waals surface area (Å²) in [6.07, 6.45) is 0.694. The number of rotatable bonds is 9. The van der Waals surface area contributed by atoms with Crippen molar-refractivity contribution in [2.24, 2.45) is 0 Å². The minimum Gasteiger partial charge on any atom is -0.382 e. The number of anilines is 1. The minimum atomic E-state index is -3.95. The van der Waals surface area contributed by atoms with Crippen LogP contribution in [0.4, 0.5) is 5.69 Å². The number of amides is 1. The highest BCUT2D eigenvalue weighted by Crippen LogP contribution is 2.27. The summed E-state index contributed by atoms with van der Waals surface area (Å²) in [6, 6.07) is 10.4. The predicted molar refractivity (Wildman–Crippen MR) is 107 cm³/mol. The zero-order valence-electron chi connectivity index (χ0n) is 14.7. The first-order valence-corrected chi connectivity index (χ1v) is 10.5. The van der Waals surface area contributed by atoms with Gasteiger partial charge in [0, 0.05) is 36.0 Å². The first-order chi connectivity index (χ1) is 12.8. The van der Waals surface area contributed by atoms with E-state index >= 15 is 0 Å². The van der Waals surface area contributed by atoms with Gasteiger partial charge < -0.3 is 10.1 Å². The van der Waals surface area contributed by atoms with Crippen molar-refractivity contribution in [3.63, 3.8) is 0 Å². The van der Waals surface area contributed by atoms with E-state index < -0.39 is 10.0 Å². The van der Waals surface area contributed by atoms with Gasteiger partial charge >= 0.3 is 0 Å². The van der Waals surface area contributed by atoms with Gasteiger partial charge in [-0.3, -0.25) is 9.52 Å². The Hall–Kier alpha value is -1.80. The Morgan fingerprint density at radius 2 is 1.93 bits per heavy atom. The summed E-state index contributed by atoms with van der Waals surface area (Å²) in [5, 5.41) is 3.06. The first-order valence-electron chi connectivity index (χ1n) is 8.27. The van der Waals surface area contributed by atoms with Crippen LogP contribution in [0.5, 0.6) is 0 Å². The molecule has 2 aromatic carbocycles. The number of benzene rings is 2. The van der Waals surface area contributed by atoms with E-state index in [9.17, 15) is 13.2 Å². The second kappa shape index (κ2) is 9.94. The summed E-state index contributed by atoms with van der Waals surface area (Å²) in [4.78, 5) is 12.1. The van der Waals surface area contributed by atoms with Gasteiger partial charge in [0.25, 0.3) is 15.9 Å². The highest BCUT2D eigenvalue weighted by molar-refractivity contribution is 7.92. The van der Waals surface area contributed by atoms with Gasteiger partial charge in [0.05, 0.1) is 5.02 Å². The highest BCUT2D eigenvalue weighted by Gasteiger charge is 2.19. The molecule has 0 aliphatic rings. The fourth-order valence-electron chi connectivity index (χ4n) is 2.24. The van der Waals surface area contributed by atoms with Crippen LogP contribution in [0.3, 0.4) is 0 Å². The zero-order valence-corrected chi connectivity index (χ0v) is 17.0. The van der Waals surface area contributed by atoms with Gasteiger partial charge in [-0.25, -0.2) is 8.42 Å². The summed E-state index contributed by atoms with van der Waals surface area (Å²) in [5.74, 6) is -0.298. The van der Waals surface area contributed by atoms with Crippen molar-refractivity contribution in [1.29, 1.82) is 0 Å². The topological polar surface area (TPSA) is 84.5 Å². The van der Waals surface area contributed by atoms with E-state index in [1.54, 1.807) is 18.2 Å². The Kier molecular flexibility index (Phi) is 7.91. The molecule has 0 saturated carbocycles. The predicted octanol–water partition coefficient (Wildman–Crippen LogP) is 3.95. The van der Waals surface area contributed by atoms with Crippen molar-refractivity contribution in [2.45, 2.75) is 18.2 Å². The normalized spacial score (nSPS) is 11.2. The van der Waals surface area contributed by atoms with Crippen LogP contribution in [0.1, 0.15) is 23.7 Å².